The summed E-state index contributed by atoms with van der Waals surface area (Å²) in [5.74, 6) is -1.55. The predicted molar refractivity (Wildman–Crippen MR) is 104 cm³/mol. The van der Waals surface area contributed by atoms with Gasteiger partial charge in [-0.25, -0.2) is 22.3 Å². The van der Waals surface area contributed by atoms with E-state index in [4.69, 9.17) is 21.5 Å². The number of sulfonamides is 1. The van der Waals surface area contributed by atoms with E-state index < -0.39 is 43.0 Å². The highest BCUT2D eigenvalue weighted by atomic mass is 35.5. The predicted octanol–water partition coefficient (Wildman–Crippen LogP) is 4.31. The van der Waals surface area contributed by atoms with Gasteiger partial charge in [0, 0.05) is 5.69 Å². The van der Waals surface area contributed by atoms with Gasteiger partial charge in [-0.1, -0.05) is 11.6 Å². The number of anilines is 1. The van der Waals surface area contributed by atoms with Crippen molar-refractivity contribution in [2.75, 3.05) is 5.32 Å². The monoisotopic (exact) mass is 438 g/mol. The maximum Gasteiger partial charge on any atom is 0.258 e. The minimum Gasteiger partial charge on any atom is -0.457 e. The van der Waals surface area contributed by atoms with Gasteiger partial charge in [-0.3, -0.25) is 4.79 Å². The molecule has 0 heterocycles. The number of benzene rings is 3. The molecule has 0 atom stereocenters. The summed E-state index contributed by atoms with van der Waals surface area (Å²) in [6.07, 6.45) is 0. The van der Waals surface area contributed by atoms with Crippen LogP contribution in [0.15, 0.2) is 65.6 Å². The molecule has 3 aromatic rings. The lowest BCUT2D eigenvalue weighted by Gasteiger charge is -2.10. The average Bonchev–Trinajstić information content (AvgIpc) is 2.66. The summed E-state index contributed by atoms with van der Waals surface area (Å²) in [6.45, 7) is 0. The number of halogens is 3. The Bertz CT molecular complexity index is 1170. The standard InChI is InChI=1S/C19H13ClF2N2O4S/c20-17-10-15(29(23,26)27)9-16(18(17)22)19(25)24-12-3-7-14(8-4-12)28-13-5-1-11(21)2-6-13/h1-10H,(H,24,25)(H2,23,26,27). The molecule has 3 N–H and O–H groups in total. The molecule has 29 heavy (non-hydrogen) atoms. The molecule has 3 rings (SSSR count). The van der Waals surface area contributed by atoms with Gasteiger partial charge in [-0.05, 0) is 60.7 Å². The molecule has 3 aromatic carbocycles. The molecule has 10 heteroatoms. The third-order valence-corrected chi connectivity index (χ3v) is 4.90. The van der Waals surface area contributed by atoms with Gasteiger partial charge in [-0.2, -0.15) is 0 Å². The topological polar surface area (TPSA) is 98.5 Å². The van der Waals surface area contributed by atoms with Crippen LogP contribution >= 0.6 is 11.6 Å². The van der Waals surface area contributed by atoms with Crippen LogP contribution in [0.25, 0.3) is 0 Å². The largest absolute Gasteiger partial charge is 0.457 e. The SMILES string of the molecule is NS(=O)(=O)c1cc(Cl)c(F)c(C(=O)Nc2ccc(Oc3ccc(F)cc3)cc2)c1. The molecule has 0 aliphatic rings. The van der Waals surface area contributed by atoms with E-state index in [9.17, 15) is 22.0 Å². The minimum atomic E-state index is -4.18. The fraction of sp³-hybridized carbons (Fsp3) is 0. The van der Waals surface area contributed by atoms with Gasteiger partial charge in [0.05, 0.1) is 15.5 Å². The Hall–Kier alpha value is -3.01. The van der Waals surface area contributed by atoms with Gasteiger partial charge in [0.2, 0.25) is 10.0 Å². The Labute approximate surface area is 169 Å². The maximum absolute atomic E-state index is 14.2. The van der Waals surface area contributed by atoms with Crippen LogP contribution in [-0.2, 0) is 10.0 Å². The van der Waals surface area contributed by atoms with Crippen LogP contribution in [0.5, 0.6) is 11.5 Å². The number of ether oxygens (including phenoxy) is 1. The lowest BCUT2D eigenvalue weighted by Crippen LogP contribution is -2.17. The molecule has 0 spiro atoms. The average molecular weight is 439 g/mol. The molecule has 6 nitrogen and oxygen atoms in total. The number of amides is 1. The van der Waals surface area contributed by atoms with Gasteiger partial charge < -0.3 is 10.1 Å². The third kappa shape index (κ3) is 5.08. The van der Waals surface area contributed by atoms with Crippen molar-refractivity contribution in [3.63, 3.8) is 0 Å². The Kier molecular flexibility index (Phi) is 5.83. The number of rotatable bonds is 5. The summed E-state index contributed by atoms with van der Waals surface area (Å²) >= 11 is 5.66. The lowest BCUT2D eigenvalue weighted by molar-refractivity contribution is 0.102. The molecule has 0 aliphatic heterocycles. The third-order valence-electron chi connectivity index (χ3n) is 3.74. The molecule has 0 aliphatic carbocycles. The van der Waals surface area contributed by atoms with Gasteiger partial charge >= 0.3 is 0 Å². The van der Waals surface area contributed by atoms with Crippen LogP contribution < -0.4 is 15.2 Å². The minimum absolute atomic E-state index is 0.290. The first-order valence-electron chi connectivity index (χ1n) is 8.00. The number of nitrogens with two attached hydrogens (primary N) is 1. The van der Waals surface area contributed by atoms with Crippen LogP contribution in [0.4, 0.5) is 14.5 Å². The molecule has 1 amide bonds. The molecular weight excluding hydrogens is 426 g/mol. The van der Waals surface area contributed by atoms with E-state index in [-0.39, 0.29) is 5.69 Å². The van der Waals surface area contributed by atoms with E-state index in [0.29, 0.717) is 11.5 Å². The molecule has 0 saturated carbocycles. The van der Waals surface area contributed by atoms with Crippen molar-refractivity contribution < 1.29 is 26.7 Å². The summed E-state index contributed by atoms with van der Waals surface area (Å²) in [6, 6.07) is 13.1. The zero-order chi connectivity index (χ0) is 21.2. The normalized spacial score (nSPS) is 11.2. The Balaban J connectivity index is 1.77. The van der Waals surface area contributed by atoms with Crippen LogP contribution in [0.1, 0.15) is 10.4 Å². The van der Waals surface area contributed by atoms with E-state index in [1.165, 1.54) is 48.5 Å². The quantitative estimate of drug-likeness (QED) is 0.620. The second kappa shape index (κ2) is 8.16. The molecule has 0 bridgehead atoms. The summed E-state index contributed by atoms with van der Waals surface area (Å²) in [7, 11) is -4.18. The van der Waals surface area contributed by atoms with Crippen molar-refractivity contribution >= 4 is 33.2 Å². The van der Waals surface area contributed by atoms with Crippen LogP contribution in [0.2, 0.25) is 5.02 Å². The highest BCUT2D eigenvalue weighted by Crippen LogP contribution is 2.26. The van der Waals surface area contributed by atoms with Crippen molar-refractivity contribution in [1.82, 2.24) is 0 Å². The number of carbonyl (C=O) groups excluding carboxylic acids is 1. The van der Waals surface area contributed by atoms with Crippen molar-refractivity contribution in [1.29, 1.82) is 0 Å². The zero-order valence-corrected chi connectivity index (χ0v) is 16.1. The summed E-state index contributed by atoms with van der Waals surface area (Å²) < 4.78 is 55.6. The van der Waals surface area contributed by atoms with Crippen LogP contribution in [-0.4, -0.2) is 14.3 Å². The molecule has 150 valence electrons. The fourth-order valence-corrected chi connectivity index (χ4v) is 3.19. The van der Waals surface area contributed by atoms with Gasteiger partial charge in [-0.15, -0.1) is 0 Å². The molecule has 0 fully saturated rings. The summed E-state index contributed by atoms with van der Waals surface area (Å²) in [5.41, 5.74) is -0.286. The van der Waals surface area contributed by atoms with Crippen molar-refractivity contribution in [3.05, 3.63) is 82.9 Å². The van der Waals surface area contributed by atoms with E-state index in [0.717, 1.165) is 12.1 Å². The molecule has 0 radical (unpaired) electrons. The summed E-state index contributed by atoms with van der Waals surface area (Å²) in [4.78, 5) is 11.9. The molecule has 0 aromatic heterocycles. The van der Waals surface area contributed by atoms with Gasteiger partial charge in [0.15, 0.2) is 5.82 Å². The molecule has 0 saturated heterocycles. The van der Waals surface area contributed by atoms with E-state index in [1.807, 2.05) is 0 Å². The lowest BCUT2D eigenvalue weighted by atomic mass is 10.2. The number of hydrogen-bond donors (Lipinski definition) is 2. The Morgan fingerprint density at radius 3 is 2.07 bits per heavy atom. The highest BCUT2D eigenvalue weighted by Gasteiger charge is 2.20. The fourth-order valence-electron chi connectivity index (χ4n) is 2.34. The van der Waals surface area contributed by atoms with Crippen molar-refractivity contribution in [2.24, 2.45) is 5.14 Å². The first-order chi connectivity index (χ1) is 13.6. The van der Waals surface area contributed by atoms with Crippen molar-refractivity contribution in [2.45, 2.75) is 4.90 Å². The van der Waals surface area contributed by atoms with E-state index >= 15 is 0 Å². The molecular formula is C19H13ClF2N2O4S. The van der Waals surface area contributed by atoms with E-state index in [2.05, 4.69) is 5.32 Å². The van der Waals surface area contributed by atoms with Gasteiger partial charge in [0.25, 0.3) is 5.91 Å². The molecule has 0 unspecified atom stereocenters. The maximum atomic E-state index is 14.2. The second-order valence-corrected chi connectivity index (χ2v) is 7.81. The zero-order valence-electron chi connectivity index (χ0n) is 14.5. The highest BCUT2D eigenvalue weighted by molar-refractivity contribution is 7.89. The van der Waals surface area contributed by atoms with Crippen LogP contribution in [0, 0.1) is 11.6 Å². The van der Waals surface area contributed by atoms with Crippen LogP contribution in [0.3, 0.4) is 0 Å². The van der Waals surface area contributed by atoms with Gasteiger partial charge in [0.1, 0.15) is 17.3 Å². The summed E-state index contributed by atoms with van der Waals surface area (Å²) in [5, 5.41) is 6.88. The van der Waals surface area contributed by atoms with E-state index in [1.54, 1.807) is 0 Å². The Morgan fingerprint density at radius 2 is 1.52 bits per heavy atom. The number of hydrogen-bond acceptors (Lipinski definition) is 4. The Morgan fingerprint density at radius 1 is 0.966 bits per heavy atom. The first kappa shape index (κ1) is 20.7. The first-order valence-corrected chi connectivity index (χ1v) is 9.92. The second-order valence-electron chi connectivity index (χ2n) is 5.85. The number of nitrogens with one attached hydrogen (secondary N) is 1. The van der Waals surface area contributed by atoms with Crippen molar-refractivity contribution in [3.8, 4) is 11.5 Å². The number of carbonyl (C=O) groups is 1. The number of primary sulfonamides is 1. The smallest absolute Gasteiger partial charge is 0.258 e.